The quantitative estimate of drug-likeness (QED) is 0.675. The van der Waals surface area contributed by atoms with Gasteiger partial charge in [-0.25, -0.2) is 9.07 Å². The Balaban J connectivity index is 1.67. The summed E-state index contributed by atoms with van der Waals surface area (Å²) in [5.41, 5.74) is 3.28. The average Bonchev–Trinajstić information content (AvgIpc) is 3.19. The molecule has 1 atom stereocenters. The molecule has 1 fully saturated rings. The first-order valence-corrected chi connectivity index (χ1v) is 9.79. The number of likely N-dealkylation sites (tertiary alicyclic amines) is 1. The van der Waals surface area contributed by atoms with E-state index in [0.717, 1.165) is 43.6 Å². The molecular weight excluding hydrogens is 355 g/mol. The van der Waals surface area contributed by atoms with Crippen LogP contribution in [0.5, 0.6) is 0 Å². The third-order valence-corrected chi connectivity index (χ3v) is 5.65. The normalized spacial score (nSPS) is 17.5. The van der Waals surface area contributed by atoms with Crippen molar-refractivity contribution in [1.82, 2.24) is 19.2 Å². The predicted molar refractivity (Wildman–Crippen MR) is 106 cm³/mol. The van der Waals surface area contributed by atoms with Crippen molar-refractivity contribution in [3.63, 3.8) is 0 Å². The van der Waals surface area contributed by atoms with Crippen molar-refractivity contribution in [2.24, 2.45) is 7.05 Å². The SMILES string of the molecule is Cc1c(C(=O)N2CCCCC[C@H]2c2cccn2C)cnn1-c1ccc(F)cc1. The van der Waals surface area contributed by atoms with Gasteiger partial charge in [0.25, 0.3) is 5.91 Å². The molecule has 3 aromatic rings. The molecule has 5 nitrogen and oxygen atoms in total. The molecule has 1 aromatic carbocycles. The van der Waals surface area contributed by atoms with E-state index in [1.165, 1.54) is 17.8 Å². The second kappa shape index (κ2) is 7.62. The molecule has 0 bridgehead atoms. The van der Waals surface area contributed by atoms with Gasteiger partial charge in [0.05, 0.1) is 29.2 Å². The molecule has 1 aliphatic rings. The van der Waals surface area contributed by atoms with Crippen LogP contribution in [0.15, 0.2) is 48.8 Å². The van der Waals surface area contributed by atoms with E-state index in [1.807, 2.05) is 31.1 Å². The summed E-state index contributed by atoms with van der Waals surface area (Å²) in [6, 6.07) is 10.3. The lowest BCUT2D eigenvalue weighted by molar-refractivity contribution is 0.0673. The largest absolute Gasteiger partial charge is 0.353 e. The van der Waals surface area contributed by atoms with E-state index in [0.29, 0.717) is 5.56 Å². The molecule has 6 heteroatoms. The maximum atomic E-state index is 13.5. The van der Waals surface area contributed by atoms with Crippen molar-refractivity contribution in [2.75, 3.05) is 6.54 Å². The Morgan fingerprint density at radius 1 is 1.14 bits per heavy atom. The molecule has 1 saturated heterocycles. The van der Waals surface area contributed by atoms with Crippen LogP contribution >= 0.6 is 0 Å². The summed E-state index contributed by atoms with van der Waals surface area (Å²) in [4.78, 5) is 15.5. The van der Waals surface area contributed by atoms with Gasteiger partial charge in [0.1, 0.15) is 5.82 Å². The summed E-state index contributed by atoms with van der Waals surface area (Å²) in [5.74, 6) is -0.279. The first-order valence-electron chi connectivity index (χ1n) is 9.79. The van der Waals surface area contributed by atoms with Crippen LogP contribution in [0, 0.1) is 12.7 Å². The first kappa shape index (κ1) is 18.5. The molecular formula is C22H25FN4O. The Kier molecular flexibility index (Phi) is 5.03. The van der Waals surface area contributed by atoms with Crippen molar-refractivity contribution < 1.29 is 9.18 Å². The number of aromatic nitrogens is 3. The van der Waals surface area contributed by atoms with Crippen LogP contribution in [0.2, 0.25) is 0 Å². The Hall–Kier alpha value is -2.89. The van der Waals surface area contributed by atoms with E-state index in [9.17, 15) is 9.18 Å². The number of hydrogen-bond acceptors (Lipinski definition) is 2. The summed E-state index contributed by atoms with van der Waals surface area (Å²) >= 11 is 0. The van der Waals surface area contributed by atoms with Gasteiger partial charge in [0.15, 0.2) is 0 Å². The minimum Gasteiger partial charge on any atom is -0.353 e. The number of nitrogens with zero attached hydrogens (tertiary/aromatic N) is 4. The molecule has 0 spiro atoms. The predicted octanol–water partition coefficient (Wildman–Crippen LogP) is 4.42. The van der Waals surface area contributed by atoms with Crippen LogP contribution in [-0.2, 0) is 7.05 Å². The number of halogens is 1. The van der Waals surface area contributed by atoms with E-state index < -0.39 is 0 Å². The van der Waals surface area contributed by atoms with E-state index in [1.54, 1.807) is 23.0 Å². The van der Waals surface area contributed by atoms with Gasteiger partial charge < -0.3 is 9.47 Å². The highest BCUT2D eigenvalue weighted by molar-refractivity contribution is 5.95. The third-order valence-electron chi connectivity index (χ3n) is 5.65. The van der Waals surface area contributed by atoms with E-state index >= 15 is 0 Å². The van der Waals surface area contributed by atoms with Gasteiger partial charge in [0.2, 0.25) is 0 Å². The maximum absolute atomic E-state index is 13.5. The zero-order chi connectivity index (χ0) is 19.7. The summed E-state index contributed by atoms with van der Waals surface area (Å²) in [5, 5.41) is 4.40. The van der Waals surface area contributed by atoms with E-state index in [2.05, 4.69) is 15.7 Å². The van der Waals surface area contributed by atoms with Crippen molar-refractivity contribution in [2.45, 2.75) is 38.6 Å². The van der Waals surface area contributed by atoms with Crippen LogP contribution in [0.25, 0.3) is 5.69 Å². The fourth-order valence-electron chi connectivity index (χ4n) is 4.10. The number of hydrogen-bond donors (Lipinski definition) is 0. The van der Waals surface area contributed by atoms with Gasteiger partial charge in [-0.2, -0.15) is 5.10 Å². The van der Waals surface area contributed by atoms with Gasteiger partial charge in [-0.3, -0.25) is 4.79 Å². The second-order valence-corrected chi connectivity index (χ2v) is 7.44. The van der Waals surface area contributed by atoms with E-state index in [-0.39, 0.29) is 17.8 Å². The van der Waals surface area contributed by atoms with Crippen LogP contribution in [-0.4, -0.2) is 31.7 Å². The molecule has 28 heavy (non-hydrogen) atoms. The lowest BCUT2D eigenvalue weighted by Gasteiger charge is -2.30. The van der Waals surface area contributed by atoms with Crippen LogP contribution in [0.4, 0.5) is 4.39 Å². The fourth-order valence-corrected chi connectivity index (χ4v) is 4.10. The van der Waals surface area contributed by atoms with Crippen molar-refractivity contribution >= 4 is 5.91 Å². The van der Waals surface area contributed by atoms with Crippen LogP contribution in [0.3, 0.4) is 0 Å². The van der Waals surface area contributed by atoms with E-state index in [4.69, 9.17) is 0 Å². The van der Waals surface area contributed by atoms with Crippen LogP contribution < -0.4 is 0 Å². The fraction of sp³-hybridized carbons (Fsp3) is 0.364. The highest BCUT2D eigenvalue weighted by Gasteiger charge is 2.30. The molecule has 146 valence electrons. The first-order chi connectivity index (χ1) is 13.6. The smallest absolute Gasteiger partial charge is 0.257 e. The third kappa shape index (κ3) is 3.35. The second-order valence-electron chi connectivity index (χ2n) is 7.44. The Morgan fingerprint density at radius 3 is 2.64 bits per heavy atom. The minimum atomic E-state index is -0.292. The molecule has 0 radical (unpaired) electrons. The highest BCUT2D eigenvalue weighted by Crippen LogP contribution is 2.32. The molecule has 2 aromatic heterocycles. The zero-order valence-corrected chi connectivity index (χ0v) is 16.3. The number of amides is 1. The molecule has 0 aliphatic carbocycles. The van der Waals surface area contributed by atoms with Crippen molar-refractivity contribution in [3.05, 3.63) is 71.6 Å². The van der Waals surface area contributed by atoms with Gasteiger partial charge >= 0.3 is 0 Å². The number of carbonyl (C=O) groups is 1. The number of rotatable bonds is 3. The topological polar surface area (TPSA) is 43.1 Å². The molecule has 3 heterocycles. The molecule has 0 saturated carbocycles. The highest BCUT2D eigenvalue weighted by atomic mass is 19.1. The lowest BCUT2D eigenvalue weighted by Crippen LogP contribution is -2.35. The summed E-state index contributed by atoms with van der Waals surface area (Å²) in [6.07, 6.45) is 7.90. The molecule has 1 aliphatic heterocycles. The van der Waals surface area contributed by atoms with Gasteiger partial charge in [-0.1, -0.05) is 12.8 Å². The number of carbonyl (C=O) groups excluding carboxylic acids is 1. The van der Waals surface area contributed by atoms with Gasteiger partial charge in [-0.05, 0) is 56.2 Å². The summed E-state index contributed by atoms with van der Waals surface area (Å²) in [7, 11) is 2.03. The Morgan fingerprint density at radius 2 is 1.93 bits per heavy atom. The van der Waals surface area contributed by atoms with Gasteiger partial charge in [0, 0.05) is 25.5 Å². The van der Waals surface area contributed by atoms with Crippen molar-refractivity contribution in [3.8, 4) is 5.69 Å². The molecule has 4 rings (SSSR count). The Bertz CT molecular complexity index is 973. The molecule has 0 unspecified atom stereocenters. The van der Waals surface area contributed by atoms with Gasteiger partial charge in [-0.15, -0.1) is 0 Å². The Labute approximate surface area is 164 Å². The maximum Gasteiger partial charge on any atom is 0.257 e. The zero-order valence-electron chi connectivity index (χ0n) is 16.3. The molecule has 1 amide bonds. The van der Waals surface area contributed by atoms with Crippen molar-refractivity contribution in [1.29, 1.82) is 0 Å². The average molecular weight is 380 g/mol. The standard InChI is InChI=1S/C22H25FN4O/c1-16-19(15-24-27(16)18-11-9-17(23)10-12-18)22(28)26-14-5-3-4-7-21(26)20-8-6-13-25(20)2/h6,8-13,15,21H,3-5,7,14H2,1-2H3/t21-/m0/s1. The van der Waals surface area contributed by atoms with Crippen LogP contribution in [0.1, 0.15) is 53.5 Å². The minimum absolute atomic E-state index is 0.0129. The number of aryl methyl sites for hydroxylation is 1. The number of benzene rings is 1. The summed E-state index contributed by atoms with van der Waals surface area (Å²) < 4.78 is 17.0. The molecule has 0 N–H and O–H groups in total. The lowest BCUT2D eigenvalue weighted by atomic mass is 10.1. The monoisotopic (exact) mass is 380 g/mol. The summed E-state index contributed by atoms with van der Waals surface area (Å²) in [6.45, 7) is 2.63.